The van der Waals surface area contributed by atoms with Gasteiger partial charge in [-0.1, -0.05) is 60.7 Å². The molecular formula is C21H21N3O2S. The zero-order valence-electron chi connectivity index (χ0n) is 14.9. The first-order valence-corrected chi connectivity index (χ1v) is 9.51. The van der Waals surface area contributed by atoms with Gasteiger partial charge in [-0.15, -0.1) is 0 Å². The standard InChI is InChI=1S/C21H21N3O2S/c25-21(23-13-7-8-14-23)26-18-15-22-20(27)24(18)19(16-9-3-1-4-10-16)17-11-5-2-6-12-17/h1-6,9-12,15,19H,7-8,13-14H2,(H,22,27). The lowest BCUT2D eigenvalue weighted by Crippen LogP contribution is -2.31. The van der Waals surface area contributed by atoms with Crippen LogP contribution >= 0.6 is 12.2 Å². The van der Waals surface area contributed by atoms with Crippen molar-refractivity contribution in [3.8, 4) is 5.88 Å². The van der Waals surface area contributed by atoms with Gasteiger partial charge >= 0.3 is 6.09 Å². The molecule has 2 aromatic carbocycles. The molecule has 0 unspecified atom stereocenters. The van der Waals surface area contributed by atoms with Crippen LogP contribution < -0.4 is 4.74 Å². The van der Waals surface area contributed by atoms with Crippen molar-refractivity contribution >= 4 is 18.3 Å². The molecule has 1 aliphatic rings. The number of H-pyrrole nitrogens is 1. The number of nitrogens with zero attached hydrogens (tertiary/aromatic N) is 2. The van der Waals surface area contributed by atoms with Gasteiger partial charge in [-0.05, 0) is 36.2 Å². The zero-order valence-corrected chi connectivity index (χ0v) is 15.7. The zero-order chi connectivity index (χ0) is 18.6. The van der Waals surface area contributed by atoms with Gasteiger partial charge in [0.1, 0.15) is 0 Å². The number of benzene rings is 2. The lowest BCUT2D eigenvalue weighted by molar-refractivity contribution is 0.158. The smallest absolute Gasteiger partial charge is 0.391 e. The minimum Gasteiger partial charge on any atom is -0.391 e. The molecule has 6 heteroatoms. The first kappa shape index (κ1) is 17.5. The molecular weight excluding hydrogens is 358 g/mol. The third-order valence-corrected chi connectivity index (χ3v) is 5.13. The number of aromatic amines is 1. The van der Waals surface area contributed by atoms with Gasteiger partial charge in [-0.3, -0.25) is 4.57 Å². The number of rotatable bonds is 4. The molecule has 1 amide bonds. The second-order valence-electron chi connectivity index (χ2n) is 6.59. The number of hydrogen-bond acceptors (Lipinski definition) is 3. The van der Waals surface area contributed by atoms with E-state index in [-0.39, 0.29) is 12.1 Å². The predicted molar refractivity (Wildman–Crippen MR) is 107 cm³/mol. The second-order valence-corrected chi connectivity index (χ2v) is 6.97. The van der Waals surface area contributed by atoms with Crippen molar-refractivity contribution < 1.29 is 9.53 Å². The summed E-state index contributed by atoms with van der Waals surface area (Å²) >= 11 is 5.54. The molecule has 0 spiro atoms. The first-order valence-electron chi connectivity index (χ1n) is 9.10. The van der Waals surface area contributed by atoms with Crippen LogP contribution in [0.4, 0.5) is 4.79 Å². The highest BCUT2D eigenvalue weighted by molar-refractivity contribution is 7.71. The van der Waals surface area contributed by atoms with Crippen LogP contribution in [0.15, 0.2) is 66.9 Å². The van der Waals surface area contributed by atoms with Gasteiger partial charge in [0.2, 0.25) is 5.88 Å². The van der Waals surface area contributed by atoms with Crippen molar-refractivity contribution in [2.75, 3.05) is 13.1 Å². The number of imidazole rings is 1. The number of nitrogens with one attached hydrogen (secondary N) is 1. The van der Waals surface area contributed by atoms with Crippen molar-refractivity contribution in [1.82, 2.24) is 14.5 Å². The monoisotopic (exact) mass is 379 g/mol. The van der Waals surface area contributed by atoms with Crippen LogP contribution in [0.3, 0.4) is 0 Å². The molecule has 2 heterocycles. The fourth-order valence-electron chi connectivity index (χ4n) is 3.50. The third kappa shape index (κ3) is 3.66. The van der Waals surface area contributed by atoms with Crippen molar-refractivity contribution in [2.45, 2.75) is 18.9 Å². The van der Waals surface area contributed by atoms with Gasteiger partial charge < -0.3 is 14.6 Å². The SMILES string of the molecule is O=C(Oc1c[nH]c(=S)n1C(c1ccccc1)c1ccccc1)N1CCCC1. The number of likely N-dealkylation sites (tertiary alicyclic amines) is 1. The Morgan fingerprint density at radius 3 is 2.07 bits per heavy atom. The van der Waals surface area contributed by atoms with Gasteiger partial charge in [-0.2, -0.15) is 0 Å². The fraction of sp³-hybridized carbons (Fsp3) is 0.238. The lowest BCUT2D eigenvalue weighted by atomic mass is 9.98. The van der Waals surface area contributed by atoms with E-state index in [9.17, 15) is 4.79 Å². The van der Waals surface area contributed by atoms with Gasteiger partial charge in [0.25, 0.3) is 0 Å². The summed E-state index contributed by atoms with van der Waals surface area (Å²) in [6.45, 7) is 1.48. The average Bonchev–Trinajstić information content (AvgIpc) is 3.36. The minimum absolute atomic E-state index is 0.187. The third-order valence-electron chi connectivity index (χ3n) is 4.82. The van der Waals surface area contributed by atoms with E-state index in [1.807, 2.05) is 41.0 Å². The van der Waals surface area contributed by atoms with Crippen molar-refractivity contribution in [2.24, 2.45) is 0 Å². The van der Waals surface area contributed by atoms with E-state index in [2.05, 4.69) is 29.2 Å². The summed E-state index contributed by atoms with van der Waals surface area (Å²) in [5, 5.41) is 0. The Bertz CT molecular complexity index is 920. The number of amides is 1. The van der Waals surface area contributed by atoms with E-state index in [0.717, 1.165) is 37.1 Å². The van der Waals surface area contributed by atoms with E-state index in [1.54, 1.807) is 11.1 Å². The van der Waals surface area contributed by atoms with Gasteiger partial charge in [0.15, 0.2) is 4.77 Å². The molecule has 3 aromatic rings. The fourth-order valence-corrected chi connectivity index (χ4v) is 3.76. The molecule has 1 fully saturated rings. The van der Waals surface area contributed by atoms with Crippen LogP contribution in [0, 0.1) is 4.77 Å². The summed E-state index contributed by atoms with van der Waals surface area (Å²) in [4.78, 5) is 17.3. The molecule has 1 aromatic heterocycles. The molecule has 138 valence electrons. The number of hydrogen-bond donors (Lipinski definition) is 1. The van der Waals surface area contributed by atoms with Gasteiger partial charge in [0.05, 0.1) is 12.2 Å². The molecule has 1 saturated heterocycles. The Labute approximate surface area is 163 Å². The Hall–Kier alpha value is -2.86. The Morgan fingerprint density at radius 1 is 0.963 bits per heavy atom. The quantitative estimate of drug-likeness (QED) is 0.664. The molecule has 0 aliphatic carbocycles. The first-order chi connectivity index (χ1) is 13.2. The average molecular weight is 379 g/mol. The highest BCUT2D eigenvalue weighted by atomic mass is 32.1. The Morgan fingerprint density at radius 2 is 1.52 bits per heavy atom. The van der Waals surface area contributed by atoms with Crippen LogP contribution in [0.5, 0.6) is 5.88 Å². The van der Waals surface area contributed by atoms with Crippen molar-refractivity contribution in [3.05, 3.63) is 82.8 Å². The summed E-state index contributed by atoms with van der Waals surface area (Å²) < 4.78 is 8.11. The highest BCUT2D eigenvalue weighted by Gasteiger charge is 2.25. The molecule has 4 rings (SSSR count). The van der Waals surface area contributed by atoms with E-state index in [1.165, 1.54) is 0 Å². The lowest BCUT2D eigenvalue weighted by Gasteiger charge is -2.22. The van der Waals surface area contributed by atoms with Crippen molar-refractivity contribution in [1.29, 1.82) is 0 Å². The van der Waals surface area contributed by atoms with E-state index in [4.69, 9.17) is 17.0 Å². The molecule has 0 bridgehead atoms. The molecule has 5 nitrogen and oxygen atoms in total. The molecule has 27 heavy (non-hydrogen) atoms. The van der Waals surface area contributed by atoms with E-state index >= 15 is 0 Å². The number of aromatic nitrogens is 2. The summed E-state index contributed by atoms with van der Waals surface area (Å²) in [5.74, 6) is 0.426. The Kier molecular flexibility index (Phi) is 5.07. The van der Waals surface area contributed by atoms with Crippen LogP contribution in [-0.2, 0) is 0 Å². The van der Waals surface area contributed by atoms with Crippen LogP contribution in [-0.4, -0.2) is 33.6 Å². The number of carbonyl (C=O) groups is 1. The number of carbonyl (C=O) groups excluding carboxylic acids is 1. The molecule has 1 N–H and O–H groups in total. The summed E-state index contributed by atoms with van der Waals surface area (Å²) in [6.07, 6.45) is 3.38. The number of ether oxygens (including phenoxy) is 1. The predicted octanol–water partition coefficient (Wildman–Crippen LogP) is 4.78. The van der Waals surface area contributed by atoms with Gasteiger partial charge in [-0.25, -0.2) is 4.79 Å². The maximum atomic E-state index is 12.5. The highest BCUT2D eigenvalue weighted by Crippen LogP contribution is 2.31. The molecule has 0 saturated carbocycles. The second kappa shape index (κ2) is 7.80. The van der Waals surface area contributed by atoms with Gasteiger partial charge in [0, 0.05) is 13.1 Å². The van der Waals surface area contributed by atoms with E-state index in [0.29, 0.717) is 10.7 Å². The summed E-state index contributed by atoms with van der Waals surface area (Å²) in [5.41, 5.74) is 2.13. The van der Waals surface area contributed by atoms with Crippen LogP contribution in [0.1, 0.15) is 30.0 Å². The molecule has 0 atom stereocenters. The molecule has 0 radical (unpaired) electrons. The maximum absolute atomic E-state index is 12.5. The minimum atomic E-state index is -0.324. The summed E-state index contributed by atoms with van der Waals surface area (Å²) in [6, 6.07) is 20.0. The Balaban J connectivity index is 1.75. The topological polar surface area (TPSA) is 50.3 Å². The van der Waals surface area contributed by atoms with Crippen molar-refractivity contribution in [3.63, 3.8) is 0 Å². The normalized spacial score (nSPS) is 13.9. The van der Waals surface area contributed by atoms with Crippen LogP contribution in [0.25, 0.3) is 0 Å². The molecule has 1 aliphatic heterocycles. The summed E-state index contributed by atoms with van der Waals surface area (Å²) in [7, 11) is 0. The van der Waals surface area contributed by atoms with E-state index < -0.39 is 0 Å². The largest absolute Gasteiger partial charge is 0.416 e. The maximum Gasteiger partial charge on any atom is 0.416 e. The van der Waals surface area contributed by atoms with Crippen LogP contribution in [0.2, 0.25) is 0 Å².